The summed E-state index contributed by atoms with van der Waals surface area (Å²) < 4.78 is 15.3. The Morgan fingerprint density at radius 2 is 2.11 bits per heavy atom. The molecule has 18 heavy (non-hydrogen) atoms. The van der Waals surface area contributed by atoms with Crippen molar-refractivity contribution in [2.75, 3.05) is 13.2 Å². The van der Waals surface area contributed by atoms with Crippen molar-refractivity contribution < 1.29 is 23.9 Å². The van der Waals surface area contributed by atoms with E-state index in [2.05, 4.69) is 5.32 Å². The number of carbonyl (C=O) groups is 1. The van der Waals surface area contributed by atoms with Crippen LogP contribution in [-0.2, 0) is 13.9 Å². The summed E-state index contributed by atoms with van der Waals surface area (Å²) in [6, 6.07) is -0.444. The van der Waals surface area contributed by atoms with Gasteiger partial charge in [-0.3, -0.25) is 4.79 Å². The summed E-state index contributed by atoms with van der Waals surface area (Å²) in [6.45, 7) is 1.07. The maximum Gasteiger partial charge on any atom is 0.694 e. The zero-order valence-electron chi connectivity index (χ0n) is 10.1. The molecule has 1 aliphatic heterocycles. The monoisotopic (exact) mass is 276 g/mol. The van der Waals surface area contributed by atoms with E-state index in [9.17, 15) is 9.36 Å². The molecule has 0 radical (unpaired) electrons. The van der Waals surface area contributed by atoms with Crippen LogP contribution in [0.2, 0.25) is 0 Å². The van der Waals surface area contributed by atoms with E-state index in [4.69, 9.17) is 14.5 Å². The first-order chi connectivity index (χ1) is 8.56. The second-order valence-corrected chi connectivity index (χ2v) is 6.00. The molecule has 0 spiro atoms. The van der Waals surface area contributed by atoms with Crippen LogP contribution >= 0.6 is 8.25 Å². The van der Waals surface area contributed by atoms with Gasteiger partial charge in [-0.15, -0.1) is 9.42 Å². The summed E-state index contributed by atoms with van der Waals surface area (Å²) in [4.78, 5) is 19.6. The van der Waals surface area contributed by atoms with E-state index < -0.39 is 20.3 Å². The van der Waals surface area contributed by atoms with Gasteiger partial charge in [-0.25, -0.2) is 0 Å². The van der Waals surface area contributed by atoms with Crippen LogP contribution < -0.4 is 5.32 Å². The fourth-order valence-corrected chi connectivity index (χ4v) is 3.51. The molecule has 6 nitrogen and oxygen atoms in total. The highest BCUT2D eigenvalue weighted by Gasteiger charge is 2.38. The molecule has 2 fully saturated rings. The molecule has 0 amide bonds. The van der Waals surface area contributed by atoms with Gasteiger partial charge < -0.3 is 10.4 Å². The summed E-state index contributed by atoms with van der Waals surface area (Å²) >= 11 is 0. The molecular weight excluding hydrogens is 257 g/mol. The molecule has 7 heteroatoms. The highest BCUT2D eigenvalue weighted by molar-refractivity contribution is 7.32. The maximum absolute atomic E-state index is 11.0. The van der Waals surface area contributed by atoms with Crippen LogP contribution in [0.25, 0.3) is 0 Å². The Labute approximate surface area is 107 Å². The van der Waals surface area contributed by atoms with Gasteiger partial charge in [-0.1, -0.05) is 0 Å². The fraction of sp³-hybridized carbons (Fsp3) is 0.909. The summed E-state index contributed by atoms with van der Waals surface area (Å²) in [5, 5.41) is 12.1. The molecule has 0 aromatic heterocycles. The van der Waals surface area contributed by atoms with E-state index in [0.717, 1.165) is 25.8 Å². The van der Waals surface area contributed by atoms with Gasteiger partial charge in [0, 0.05) is 4.57 Å². The van der Waals surface area contributed by atoms with Crippen molar-refractivity contribution in [3.8, 4) is 0 Å². The minimum absolute atomic E-state index is 0.282. The van der Waals surface area contributed by atoms with E-state index in [1.54, 1.807) is 0 Å². The SMILES string of the molecule is O=C(O)[C@@H]1C[C@H]2C[C@@H](CO[P+](=O)O)CC[C@H]2CN1. The minimum atomic E-state index is -2.52. The normalized spacial score (nSPS) is 36.8. The van der Waals surface area contributed by atoms with Gasteiger partial charge in [-0.2, -0.15) is 0 Å². The first-order valence-corrected chi connectivity index (χ1v) is 7.44. The predicted molar refractivity (Wildman–Crippen MR) is 64.1 cm³/mol. The Hall–Kier alpha value is -0.550. The molecule has 2 rings (SSSR count). The largest absolute Gasteiger partial charge is 0.694 e. The predicted octanol–water partition coefficient (Wildman–Crippen LogP) is 1.13. The third kappa shape index (κ3) is 3.48. The van der Waals surface area contributed by atoms with Crippen LogP contribution in [0, 0.1) is 17.8 Å². The smallest absolute Gasteiger partial charge is 0.480 e. The minimum Gasteiger partial charge on any atom is -0.480 e. The average Bonchev–Trinajstić information content (AvgIpc) is 2.35. The fourth-order valence-electron chi connectivity index (χ4n) is 3.17. The van der Waals surface area contributed by atoms with Crippen LogP contribution in [0.1, 0.15) is 25.7 Å². The lowest BCUT2D eigenvalue weighted by molar-refractivity contribution is -0.141. The Balaban J connectivity index is 1.85. The van der Waals surface area contributed by atoms with Gasteiger partial charge >= 0.3 is 14.2 Å². The number of aliphatic carboxylic acids is 1. The van der Waals surface area contributed by atoms with Crippen molar-refractivity contribution in [3.05, 3.63) is 0 Å². The highest BCUT2D eigenvalue weighted by atomic mass is 31.1. The van der Waals surface area contributed by atoms with Gasteiger partial charge in [0.05, 0.1) is 0 Å². The lowest BCUT2D eigenvalue weighted by Crippen LogP contribution is -2.49. The molecule has 5 atom stereocenters. The third-order valence-electron chi connectivity index (χ3n) is 4.13. The molecule has 0 aromatic carbocycles. The number of piperidine rings is 1. The number of rotatable bonds is 4. The molecule has 102 valence electrons. The molecule has 1 saturated heterocycles. The number of hydrogen-bond acceptors (Lipinski definition) is 4. The van der Waals surface area contributed by atoms with Gasteiger partial charge in [0.25, 0.3) is 0 Å². The molecular formula is C11H19NO5P+. The molecule has 1 saturated carbocycles. The zero-order chi connectivity index (χ0) is 13.1. The number of nitrogens with one attached hydrogen (secondary N) is 1. The van der Waals surface area contributed by atoms with Crippen LogP contribution in [0.5, 0.6) is 0 Å². The van der Waals surface area contributed by atoms with E-state index in [0.29, 0.717) is 24.9 Å². The summed E-state index contributed by atoms with van der Waals surface area (Å²) in [5.41, 5.74) is 0. The van der Waals surface area contributed by atoms with Crippen molar-refractivity contribution in [2.24, 2.45) is 17.8 Å². The van der Waals surface area contributed by atoms with E-state index >= 15 is 0 Å². The van der Waals surface area contributed by atoms with Crippen molar-refractivity contribution >= 4 is 14.2 Å². The molecule has 0 aromatic rings. The summed E-state index contributed by atoms with van der Waals surface area (Å²) in [7, 11) is -2.52. The molecule has 1 heterocycles. The van der Waals surface area contributed by atoms with Gasteiger partial charge in [0.2, 0.25) is 0 Å². The number of carboxylic acids is 1. The first-order valence-electron chi connectivity index (χ1n) is 6.31. The molecule has 1 unspecified atom stereocenters. The lowest BCUT2D eigenvalue weighted by atomic mass is 9.70. The standard InChI is InChI=1S/C11H18NO5P/c13-11(14)10-4-9-3-7(6-17-18(15)16)1-2-8(9)5-12-10/h7-10,12H,1-6H2,(H-,13,14,15,16)/p+1/t7-,8-,9+,10-/m0/s1. The lowest BCUT2D eigenvalue weighted by Gasteiger charge is -2.41. The van der Waals surface area contributed by atoms with Crippen LogP contribution in [0.4, 0.5) is 0 Å². The molecule has 1 aliphatic carbocycles. The number of hydrogen-bond donors (Lipinski definition) is 3. The van der Waals surface area contributed by atoms with Gasteiger partial charge in [0.15, 0.2) is 0 Å². The Morgan fingerprint density at radius 3 is 2.78 bits per heavy atom. The first kappa shape index (κ1) is 13.9. The topological polar surface area (TPSA) is 95.9 Å². The number of fused-ring (bicyclic) bond motifs is 1. The van der Waals surface area contributed by atoms with Crippen molar-refractivity contribution in [1.82, 2.24) is 5.32 Å². The summed E-state index contributed by atoms with van der Waals surface area (Å²) in [5.74, 6) is 0.432. The molecule has 3 N–H and O–H groups in total. The Kier molecular flexibility index (Phi) is 4.67. The van der Waals surface area contributed by atoms with Gasteiger partial charge in [-0.05, 0) is 50.0 Å². The zero-order valence-corrected chi connectivity index (χ0v) is 11.0. The quantitative estimate of drug-likeness (QED) is 0.666. The van der Waals surface area contributed by atoms with Crippen LogP contribution in [0.15, 0.2) is 0 Å². The van der Waals surface area contributed by atoms with Crippen molar-refractivity contribution in [2.45, 2.75) is 31.7 Å². The van der Waals surface area contributed by atoms with E-state index in [1.807, 2.05) is 0 Å². The highest BCUT2D eigenvalue weighted by Crippen LogP contribution is 2.39. The van der Waals surface area contributed by atoms with Crippen LogP contribution in [0.3, 0.4) is 0 Å². The molecule has 0 bridgehead atoms. The number of carboxylic acid groups (broad SMARTS) is 1. The molecule has 2 aliphatic rings. The second kappa shape index (κ2) is 6.06. The van der Waals surface area contributed by atoms with E-state index in [1.165, 1.54) is 0 Å². The van der Waals surface area contributed by atoms with Gasteiger partial charge in [0.1, 0.15) is 12.6 Å². The third-order valence-corrected chi connectivity index (χ3v) is 4.50. The van der Waals surface area contributed by atoms with Crippen molar-refractivity contribution in [1.29, 1.82) is 0 Å². The Bertz CT molecular complexity index is 337. The second-order valence-electron chi connectivity index (χ2n) is 5.27. The van der Waals surface area contributed by atoms with Crippen molar-refractivity contribution in [3.63, 3.8) is 0 Å². The summed E-state index contributed by atoms with van der Waals surface area (Å²) in [6.07, 6.45) is 3.59. The maximum atomic E-state index is 11.0. The van der Waals surface area contributed by atoms with E-state index in [-0.39, 0.29) is 5.92 Å². The van der Waals surface area contributed by atoms with Crippen LogP contribution in [-0.4, -0.2) is 35.2 Å². The Morgan fingerprint density at radius 1 is 1.33 bits per heavy atom. The average molecular weight is 276 g/mol.